The molecule has 1 aliphatic rings. The average Bonchev–Trinajstić information content (AvgIpc) is 2.92. The average molecular weight is 222 g/mol. The van der Waals surface area contributed by atoms with Gasteiger partial charge in [-0.15, -0.1) is 0 Å². The summed E-state index contributed by atoms with van der Waals surface area (Å²) in [6.07, 6.45) is 2.72. The number of hydrogen-bond donors (Lipinski definition) is 1. The van der Waals surface area contributed by atoms with Crippen molar-refractivity contribution in [3.63, 3.8) is 0 Å². The van der Waals surface area contributed by atoms with Crippen LogP contribution in [0.15, 0.2) is 4.42 Å². The SMILES string of the molecule is Cc1nc(CNCC2(C(C)C)CC2)oc1C. The third kappa shape index (κ3) is 2.29. The van der Waals surface area contributed by atoms with Crippen LogP contribution in [0.4, 0.5) is 0 Å². The fourth-order valence-corrected chi connectivity index (χ4v) is 2.15. The first-order chi connectivity index (χ1) is 7.53. The van der Waals surface area contributed by atoms with Crippen molar-refractivity contribution in [1.82, 2.24) is 10.3 Å². The summed E-state index contributed by atoms with van der Waals surface area (Å²) >= 11 is 0. The van der Waals surface area contributed by atoms with Crippen molar-refractivity contribution in [2.45, 2.75) is 47.1 Å². The van der Waals surface area contributed by atoms with Gasteiger partial charge in [0.2, 0.25) is 5.89 Å². The third-order valence-electron chi connectivity index (χ3n) is 3.94. The molecule has 3 nitrogen and oxygen atoms in total. The smallest absolute Gasteiger partial charge is 0.208 e. The maximum Gasteiger partial charge on any atom is 0.208 e. The van der Waals surface area contributed by atoms with Gasteiger partial charge in [-0.2, -0.15) is 0 Å². The zero-order chi connectivity index (χ0) is 11.8. The van der Waals surface area contributed by atoms with E-state index in [1.807, 2.05) is 13.8 Å². The standard InChI is InChI=1S/C13H22N2O/c1-9(2)13(5-6-13)8-14-7-12-15-10(3)11(4)16-12/h9,14H,5-8H2,1-4H3. The number of nitrogens with zero attached hydrogens (tertiary/aromatic N) is 1. The summed E-state index contributed by atoms with van der Waals surface area (Å²) in [6.45, 7) is 10.4. The highest BCUT2D eigenvalue weighted by molar-refractivity contribution is 5.05. The van der Waals surface area contributed by atoms with Crippen molar-refractivity contribution in [2.24, 2.45) is 11.3 Å². The van der Waals surface area contributed by atoms with Crippen LogP contribution in [0.1, 0.15) is 44.0 Å². The van der Waals surface area contributed by atoms with Gasteiger partial charge in [0.1, 0.15) is 5.76 Å². The Morgan fingerprint density at radius 1 is 1.38 bits per heavy atom. The third-order valence-corrected chi connectivity index (χ3v) is 3.94. The van der Waals surface area contributed by atoms with Gasteiger partial charge in [-0.3, -0.25) is 0 Å². The number of aryl methyl sites for hydroxylation is 2. The quantitative estimate of drug-likeness (QED) is 0.832. The number of hydrogen-bond acceptors (Lipinski definition) is 3. The van der Waals surface area contributed by atoms with Crippen LogP contribution in [0.25, 0.3) is 0 Å². The van der Waals surface area contributed by atoms with E-state index in [9.17, 15) is 0 Å². The fourth-order valence-electron chi connectivity index (χ4n) is 2.15. The van der Waals surface area contributed by atoms with Gasteiger partial charge in [0.05, 0.1) is 12.2 Å². The predicted octanol–water partition coefficient (Wildman–Crippen LogP) is 2.82. The lowest BCUT2D eigenvalue weighted by molar-refractivity contribution is 0.328. The number of rotatable bonds is 5. The molecule has 0 radical (unpaired) electrons. The Kier molecular flexibility index (Phi) is 3.06. The van der Waals surface area contributed by atoms with Gasteiger partial charge >= 0.3 is 0 Å². The van der Waals surface area contributed by atoms with E-state index in [0.717, 1.165) is 36.4 Å². The van der Waals surface area contributed by atoms with Crippen molar-refractivity contribution in [1.29, 1.82) is 0 Å². The molecule has 0 amide bonds. The van der Waals surface area contributed by atoms with Crippen molar-refractivity contribution < 1.29 is 4.42 Å². The zero-order valence-electron chi connectivity index (χ0n) is 10.8. The van der Waals surface area contributed by atoms with E-state index in [0.29, 0.717) is 5.41 Å². The minimum Gasteiger partial charge on any atom is -0.444 e. The molecule has 90 valence electrons. The van der Waals surface area contributed by atoms with Crippen LogP contribution in [0, 0.1) is 25.2 Å². The molecular weight excluding hydrogens is 200 g/mol. The van der Waals surface area contributed by atoms with Crippen molar-refractivity contribution >= 4 is 0 Å². The Bertz CT molecular complexity index is 345. The molecule has 0 aliphatic heterocycles. The second-order valence-corrected chi connectivity index (χ2v) is 5.37. The van der Waals surface area contributed by atoms with E-state index in [2.05, 4.69) is 24.1 Å². The second kappa shape index (κ2) is 4.21. The number of aromatic nitrogens is 1. The molecule has 1 aliphatic carbocycles. The molecular formula is C13H22N2O. The van der Waals surface area contributed by atoms with Crippen LogP contribution >= 0.6 is 0 Å². The van der Waals surface area contributed by atoms with Crippen LogP contribution < -0.4 is 5.32 Å². The van der Waals surface area contributed by atoms with Crippen LogP contribution in [0.5, 0.6) is 0 Å². The highest BCUT2D eigenvalue weighted by Crippen LogP contribution is 2.51. The molecule has 0 atom stereocenters. The Morgan fingerprint density at radius 3 is 2.50 bits per heavy atom. The van der Waals surface area contributed by atoms with E-state index in [1.165, 1.54) is 12.8 Å². The summed E-state index contributed by atoms with van der Waals surface area (Å²) in [6, 6.07) is 0. The molecule has 1 aromatic rings. The molecule has 1 saturated carbocycles. The van der Waals surface area contributed by atoms with Crippen LogP contribution in [0.2, 0.25) is 0 Å². The highest BCUT2D eigenvalue weighted by Gasteiger charge is 2.44. The van der Waals surface area contributed by atoms with Gasteiger partial charge in [-0.1, -0.05) is 13.8 Å². The first-order valence-electron chi connectivity index (χ1n) is 6.17. The summed E-state index contributed by atoms with van der Waals surface area (Å²) in [5, 5.41) is 3.47. The minimum absolute atomic E-state index is 0.552. The van der Waals surface area contributed by atoms with Gasteiger partial charge in [0, 0.05) is 6.54 Å². The van der Waals surface area contributed by atoms with Gasteiger partial charge in [-0.25, -0.2) is 4.98 Å². The normalized spacial score (nSPS) is 18.1. The van der Waals surface area contributed by atoms with Crippen molar-refractivity contribution in [3.05, 3.63) is 17.3 Å². The fraction of sp³-hybridized carbons (Fsp3) is 0.769. The summed E-state index contributed by atoms with van der Waals surface area (Å²) in [5.41, 5.74) is 1.55. The molecule has 0 saturated heterocycles. The van der Waals surface area contributed by atoms with E-state index >= 15 is 0 Å². The minimum atomic E-state index is 0.552. The van der Waals surface area contributed by atoms with Crippen molar-refractivity contribution in [3.8, 4) is 0 Å². The lowest BCUT2D eigenvalue weighted by Crippen LogP contribution is -2.27. The van der Waals surface area contributed by atoms with Gasteiger partial charge in [-0.05, 0) is 38.0 Å². The van der Waals surface area contributed by atoms with E-state index in [1.54, 1.807) is 0 Å². The molecule has 3 heteroatoms. The van der Waals surface area contributed by atoms with Crippen molar-refractivity contribution in [2.75, 3.05) is 6.54 Å². The second-order valence-electron chi connectivity index (χ2n) is 5.37. The highest BCUT2D eigenvalue weighted by atomic mass is 16.4. The maximum atomic E-state index is 5.54. The Labute approximate surface area is 97.6 Å². The molecule has 0 bridgehead atoms. The Hall–Kier alpha value is -0.830. The summed E-state index contributed by atoms with van der Waals surface area (Å²) in [4.78, 5) is 4.37. The lowest BCUT2D eigenvalue weighted by Gasteiger charge is -2.19. The molecule has 1 N–H and O–H groups in total. The lowest BCUT2D eigenvalue weighted by atomic mass is 9.92. The first kappa shape index (κ1) is 11.6. The van der Waals surface area contributed by atoms with E-state index < -0.39 is 0 Å². The molecule has 1 fully saturated rings. The largest absolute Gasteiger partial charge is 0.444 e. The molecule has 0 aromatic carbocycles. The number of nitrogens with one attached hydrogen (secondary N) is 1. The van der Waals surface area contributed by atoms with Crippen LogP contribution in [-0.4, -0.2) is 11.5 Å². The monoisotopic (exact) mass is 222 g/mol. The molecule has 1 aromatic heterocycles. The molecule has 0 unspecified atom stereocenters. The summed E-state index contributed by atoms with van der Waals surface area (Å²) < 4.78 is 5.54. The van der Waals surface area contributed by atoms with Gasteiger partial charge < -0.3 is 9.73 Å². The van der Waals surface area contributed by atoms with Gasteiger partial charge in [0.15, 0.2) is 0 Å². The molecule has 0 spiro atoms. The topological polar surface area (TPSA) is 38.1 Å². The molecule has 2 rings (SSSR count). The summed E-state index contributed by atoms with van der Waals surface area (Å²) in [5.74, 6) is 2.52. The Balaban J connectivity index is 1.80. The van der Waals surface area contributed by atoms with Crippen LogP contribution in [0.3, 0.4) is 0 Å². The first-order valence-corrected chi connectivity index (χ1v) is 6.17. The number of oxazole rings is 1. The molecule has 16 heavy (non-hydrogen) atoms. The molecule has 1 heterocycles. The van der Waals surface area contributed by atoms with E-state index in [-0.39, 0.29) is 0 Å². The zero-order valence-corrected chi connectivity index (χ0v) is 10.8. The van der Waals surface area contributed by atoms with Gasteiger partial charge in [0.25, 0.3) is 0 Å². The van der Waals surface area contributed by atoms with E-state index in [4.69, 9.17) is 4.42 Å². The van der Waals surface area contributed by atoms with Crippen LogP contribution in [-0.2, 0) is 6.54 Å². The predicted molar refractivity (Wildman–Crippen MR) is 64.2 cm³/mol. The maximum absolute atomic E-state index is 5.54. The Morgan fingerprint density at radius 2 is 2.06 bits per heavy atom. The summed E-state index contributed by atoms with van der Waals surface area (Å²) in [7, 11) is 0.